The fourth-order valence-electron chi connectivity index (χ4n) is 3.48. The molecule has 0 amide bonds. The average molecular weight is 421 g/mol. The van der Waals surface area contributed by atoms with Crippen LogP contribution < -0.4 is 10.2 Å². The maximum atomic E-state index is 12.6. The Morgan fingerprint density at radius 2 is 1.69 bits per heavy atom. The van der Waals surface area contributed by atoms with Crippen molar-refractivity contribution in [2.45, 2.75) is 26.8 Å². The van der Waals surface area contributed by atoms with Crippen LogP contribution in [0, 0.1) is 0 Å². The van der Waals surface area contributed by atoms with E-state index in [2.05, 4.69) is 19.2 Å². The van der Waals surface area contributed by atoms with Crippen molar-refractivity contribution in [2.24, 2.45) is 0 Å². The van der Waals surface area contributed by atoms with Crippen molar-refractivity contribution in [3.63, 3.8) is 0 Å². The number of allylic oxidation sites excluding steroid dienone is 1. The molecule has 158 valence electrons. The molecule has 1 aromatic carbocycles. The zero-order chi connectivity index (χ0) is 21.6. The van der Waals surface area contributed by atoms with E-state index in [0.29, 0.717) is 22.8 Å². The summed E-state index contributed by atoms with van der Waals surface area (Å²) in [4.78, 5) is 27.7. The molecule has 2 N–H and O–H groups in total. The van der Waals surface area contributed by atoms with Crippen LogP contribution in [0.3, 0.4) is 0 Å². The fourth-order valence-corrected chi connectivity index (χ4v) is 3.82. The van der Waals surface area contributed by atoms with Gasteiger partial charge in [0.25, 0.3) is 0 Å². The van der Waals surface area contributed by atoms with E-state index < -0.39 is 18.0 Å². The Bertz CT molecular complexity index is 788. The molecular formula is C21H30N3O4S+. The van der Waals surface area contributed by atoms with E-state index in [9.17, 15) is 9.59 Å². The number of benzene rings is 1. The SMILES string of the molecule is CC[NH+](CC)CCN1C(=S)N[C@H](c2ccc(C(=O)OC)cc2)C(C(=O)OC)=C1C. The second kappa shape index (κ2) is 10.4. The summed E-state index contributed by atoms with van der Waals surface area (Å²) in [6.07, 6.45) is 0. The molecule has 2 rings (SSSR count). The van der Waals surface area contributed by atoms with Crippen LogP contribution in [-0.2, 0) is 14.3 Å². The van der Waals surface area contributed by atoms with Crippen LogP contribution >= 0.6 is 12.2 Å². The van der Waals surface area contributed by atoms with Crippen LogP contribution in [0.2, 0.25) is 0 Å². The first kappa shape index (κ1) is 22.8. The highest BCUT2D eigenvalue weighted by Gasteiger charge is 2.34. The predicted molar refractivity (Wildman–Crippen MR) is 115 cm³/mol. The number of rotatable bonds is 8. The van der Waals surface area contributed by atoms with Gasteiger partial charge in [0.1, 0.15) is 0 Å². The van der Waals surface area contributed by atoms with Crippen LogP contribution in [0.15, 0.2) is 35.5 Å². The standard InChI is InChI=1S/C21H29N3O4S/c1-6-23(7-2)12-13-24-14(3)17(20(26)28-5)18(22-21(24)29)15-8-10-16(11-9-15)19(25)27-4/h8-11,18H,6-7,12-13H2,1-5H3,(H,22,29)/p+1/t18-/m1/s1. The molecule has 1 heterocycles. The quantitative estimate of drug-likeness (QED) is 0.482. The minimum absolute atomic E-state index is 0.403. The number of methoxy groups -OCH3 is 2. The number of esters is 2. The number of hydrogen-bond acceptors (Lipinski definition) is 5. The van der Waals surface area contributed by atoms with Crippen LogP contribution in [0.1, 0.15) is 42.7 Å². The van der Waals surface area contributed by atoms with Crippen molar-refractivity contribution in [1.29, 1.82) is 0 Å². The molecule has 0 unspecified atom stereocenters. The van der Waals surface area contributed by atoms with Crippen LogP contribution in [0.5, 0.6) is 0 Å². The average Bonchev–Trinajstić information content (AvgIpc) is 2.74. The normalized spacial score (nSPS) is 16.7. The number of carbonyl (C=O) groups is 2. The van der Waals surface area contributed by atoms with E-state index >= 15 is 0 Å². The molecular weight excluding hydrogens is 390 g/mol. The number of quaternary nitrogens is 1. The second-order valence-electron chi connectivity index (χ2n) is 6.85. The minimum Gasteiger partial charge on any atom is -0.466 e. The number of hydrogen-bond donors (Lipinski definition) is 2. The lowest BCUT2D eigenvalue weighted by atomic mass is 9.94. The van der Waals surface area contributed by atoms with E-state index in [-0.39, 0.29) is 0 Å². The first-order chi connectivity index (χ1) is 13.9. The summed E-state index contributed by atoms with van der Waals surface area (Å²) in [5, 5.41) is 3.85. The third-order valence-electron chi connectivity index (χ3n) is 5.36. The Kier molecular flexibility index (Phi) is 8.16. The Hall–Kier alpha value is -2.45. The molecule has 7 nitrogen and oxygen atoms in total. The second-order valence-corrected chi connectivity index (χ2v) is 7.23. The third-order valence-corrected chi connectivity index (χ3v) is 5.69. The van der Waals surface area contributed by atoms with Gasteiger partial charge in [-0.1, -0.05) is 12.1 Å². The lowest BCUT2D eigenvalue weighted by Crippen LogP contribution is -3.12. The summed E-state index contributed by atoms with van der Waals surface area (Å²) in [7, 11) is 2.71. The van der Waals surface area contributed by atoms with Crippen LogP contribution in [0.25, 0.3) is 0 Å². The van der Waals surface area contributed by atoms with Crippen molar-refractivity contribution in [3.8, 4) is 0 Å². The van der Waals surface area contributed by atoms with E-state index in [1.165, 1.54) is 19.1 Å². The largest absolute Gasteiger partial charge is 0.466 e. The molecule has 1 aromatic rings. The molecule has 8 heteroatoms. The molecule has 1 aliphatic heterocycles. The lowest BCUT2D eigenvalue weighted by molar-refractivity contribution is -0.895. The molecule has 0 radical (unpaired) electrons. The molecule has 0 saturated heterocycles. The Morgan fingerprint density at radius 1 is 1.10 bits per heavy atom. The van der Waals surface area contributed by atoms with E-state index in [4.69, 9.17) is 21.7 Å². The molecule has 29 heavy (non-hydrogen) atoms. The number of carbonyl (C=O) groups excluding carboxylic acids is 2. The summed E-state index contributed by atoms with van der Waals surface area (Å²) < 4.78 is 9.80. The maximum absolute atomic E-state index is 12.6. The summed E-state index contributed by atoms with van der Waals surface area (Å²) in [5.74, 6) is -0.812. The number of nitrogens with zero attached hydrogens (tertiary/aromatic N) is 1. The van der Waals surface area contributed by atoms with Gasteiger partial charge in [0.15, 0.2) is 5.11 Å². The predicted octanol–water partition coefficient (Wildman–Crippen LogP) is 1.08. The van der Waals surface area contributed by atoms with Gasteiger partial charge in [-0.2, -0.15) is 0 Å². The van der Waals surface area contributed by atoms with Crippen molar-refractivity contribution in [2.75, 3.05) is 40.4 Å². The highest BCUT2D eigenvalue weighted by atomic mass is 32.1. The van der Waals surface area contributed by atoms with Gasteiger partial charge in [0.2, 0.25) is 0 Å². The van der Waals surface area contributed by atoms with Gasteiger partial charge in [-0.25, -0.2) is 9.59 Å². The van der Waals surface area contributed by atoms with Gasteiger partial charge in [-0.3, -0.25) is 0 Å². The van der Waals surface area contributed by atoms with E-state index in [0.717, 1.165) is 30.9 Å². The summed E-state index contributed by atoms with van der Waals surface area (Å²) in [5.41, 5.74) is 2.56. The molecule has 0 aromatic heterocycles. The van der Waals surface area contributed by atoms with Crippen molar-refractivity contribution in [1.82, 2.24) is 10.2 Å². The molecule has 0 fully saturated rings. The molecule has 0 aliphatic carbocycles. The fraction of sp³-hybridized carbons (Fsp3) is 0.476. The van der Waals surface area contributed by atoms with Crippen LogP contribution in [-0.4, -0.2) is 62.3 Å². The van der Waals surface area contributed by atoms with Crippen LogP contribution in [0.4, 0.5) is 0 Å². The molecule has 1 atom stereocenters. The first-order valence-electron chi connectivity index (χ1n) is 9.76. The monoisotopic (exact) mass is 420 g/mol. The summed E-state index contributed by atoms with van der Waals surface area (Å²) in [6.45, 7) is 9.90. The zero-order valence-electron chi connectivity index (χ0n) is 17.7. The van der Waals surface area contributed by atoms with Gasteiger partial charge < -0.3 is 24.6 Å². The minimum atomic E-state index is -0.446. The maximum Gasteiger partial charge on any atom is 0.337 e. The number of likely N-dealkylation sites (N-methyl/N-ethyl adjacent to an activating group) is 1. The van der Waals surface area contributed by atoms with Crippen molar-refractivity contribution < 1.29 is 24.0 Å². The van der Waals surface area contributed by atoms with Gasteiger partial charge in [-0.15, -0.1) is 0 Å². The topological polar surface area (TPSA) is 72.3 Å². The third kappa shape index (κ3) is 5.13. The van der Waals surface area contributed by atoms with E-state index in [1.54, 1.807) is 24.3 Å². The molecule has 1 aliphatic rings. The summed E-state index contributed by atoms with van der Waals surface area (Å²) >= 11 is 5.61. The number of ether oxygens (including phenoxy) is 2. The lowest BCUT2D eigenvalue weighted by Gasteiger charge is -2.37. The van der Waals surface area contributed by atoms with Gasteiger partial charge >= 0.3 is 11.9 Å². The van der Waals surface area contributed by atoms with Crippen molar-refractivity contribution in [3.05, 3.63) is 46.7 Å². The Morgan fingerprint density at radius 3 is 2.21 bits per heavy atom. The Balaban J connectivity index is 2.37. The molecule has 0 bridgehead atoms. The first-order valence-corrected chi connectivity index (χ1v) is 10.2. The Labute approximate surface area is 177 Å². The van der Waals surface area contributed by atoms with E-state index in [1.807, 2.05) is 11.8 Å². The van der Waals surface area contributed by atoms with Gasteiger partial charge in [0.05, 0.1) is 57.6 Å². The summed E-state index contributed by atoms with van der Waals surface area (Å²) in [6, 6.07) is 6.48. The zero-order valence-corrected chi connectivity index (χ0v) is 18.5. The number of nitrogens with one attached hydrogen (secondary N) is 2. The van der Waals surface area contributed by atoms with Crippen molar-refractivity contribution >= 4 is 29.3 Å². The highest BCUT2D eigenvalue weighted by molar-refractivity contribution is 7.80. The smallest absolute Gasteiger partial charge is 0.337 e. The molecule has 0 spiro atoms. The number of thiocarbonyl (C=S) groups is 1. The van der Waals surface area contributed by atoms with Gasteiger partial charge in [-0.05, 0) is 50.7 Å². The van der Waals surface area contributed by atoms with Gasteiger partial charge in [0, 0.05) is 5.70 Å². The molecule has 0 saturated carbocycles. The highest BCUT2D eigenvalue weighted by Crippen LogP contribution is 2.31.